The molecule has 1 aliphatic heterocycles. The highest BCUT2D eigenvalue weighted by molar-refractivity contribution is 6.58. The van der Waals surface area contributed by atoms with Crippen molar-refractivity contribution in [3.05, 3.63) is 48.1 Å². The summed E-state index contributed by atoms with van der Waals surface area (Å²) in [5.41, 5.74) is 0.941. The summed E-state index contributed by atoms with van der Waals surface area (Å²) in [6, 6.07) is 9.07. The smallest absolute Gasteiger partial charge is 0.159 e. The molecule has 1 aliphatic carbocycles. The second-order valence-electron chi connectivity index (χ2n) is 9.07. The maximum atomic E-state index is 13.3. The Kier molecular flexibility index (Phi) is 8.11. The van der Waals surface area contributed by atoms with Crippen LogP contribution in [0.2, 0.25) is 18.1 Å². The third-order valence-corrected chi connectivity index (χ3v) is 10.8. The van der Waals surface area contributed by atoms with Gasteiger partial charge < -0.3 is 0 Å². The Morgan fingerprint density at radius 1 is 0.963 bits per heavy atom. The van der Waals surface area contributed by atoms with E-state index < -0.39 is 20.4 Å². The molecule has 1 saturated heterocycles. The van der Waals surface area contributed by atoms with Crippen LogP contribution < -0.4 is 0 Å². The molecular weight excluding hydrogens is 354 g/mol. The van der Waals surface area contributed by atoms with Crippen LogP contribution in [0.4, 0.5) is 8.78 Å². The average molecular weight is 391 g/mol. The van der Waals surface area contributed by atoms with Crippen LogP contribution in [0, 0.1) is 29.4 Å². The van der Waals surface area contributed by atoms with Crippen LogP contribution in [0.5, 0.6) is 0 Å². The Balaban J connectivity index is 1.34. The van der Waals surface area contributed by atoms with Gasteiger partial charge in [-0.2, -0.15) is 0 Å². The zero-order valence-electron chi connectivity index (χ0n) is 16.8. The molecule has 3 rings (SSSR count). The van der Waals surface area contributed by atoms with Crippen LogP contribution in [0.25, 0.3) is 0 Å². The van der Waals surface area contributed by atoms with E-state index in [4.69, 9.17) is 0 Å². The number of allylic oxidation sites excluding steroid dienone is 1. The number of aryl methyl sites for hydroxylation is 1. The third kappa shape index (κ3) is 6.27. The van der Waals surface area contributed by atoms with E-state index in [1.807, 2.05) is 0 Å². The van der Waals surface area contributed by atoms with Gasteiger partial charge in [0.15, 0.2) is 11.6 Å². The first-order valence-corrected chi connectivity index (χ1v) is 13.7. The van der Waals surface area contributed by atoms with Gasteiger partial charge in [0.25, 0.3) is 0 Å². The van der Waals surface area contributed by atoms with Crippen molar-refractivity contribution in [1.29, 1.82) is 0 Å². The molecule has 0 radical (unpaired) electrons. The molecule has 1 aromatic carbocycles. The van der Waals surface area contributed by atoms with E-state index in [1.54, 1.807) is 18.2 Å². The molecular formula is C24H36F2Si. The molecule has 0 atom stereocenters. The summed E-state index contributed by atoms with van der Waals surface area (Å²) >= 11 is 0. The number of halogens is 2. The molecule has 0 unspecified atom stereocenters. The van der Waals surface area contributed by atoms with E-state index in [-0.39, 0.29) is 0 Å². The molecule has 150 valence electrons. The molecule has 1 aromatic rings. The van der Waals surface area contributed by atoms with Gasteiger partial charge in [-0.3, -0.25) is 0 Å². The fourth-order valence-corrected chi connectivity index (χ4v) is 8.99. The van der Waals surface area contributed by atoms with Gasteiger partial charge in [0.05, 0.1) is 0 Å². The fourth-order valence-electron chi connectivity index (χ4n) is 5.51. The van der Waals surface area contributed by atoms with Crippen molar-refractivity contribution < 1.29 is 8.78 Å². The minimum atomic E-state index is -0.738. The molecule has 27 heavy (non-hydrogen) atoms. The molecule has 0 N–H and O–H groups in total. The van der Waals surface area contributed by atoms with Gasteiger partial charge in [-0.05, 0) is 67.6 Å². The van der Waals surface area contributed by atoms with Gasteiger partial charge in [-0.15, -0.1) is 6.58 Å². The lowest BCUT2D eigenvalue weighted by Gasteiger charge is -2.37. The monoisotopic (exact) mass is 390 g/mol. The third-order valence-electron chi connectivity index (χ3n) is 7.30. The highest BCUT2D eigenvalue weighted by Gasteiger charge is 2.30. The summed E-state index contributed by atoms with van der Waals surface area (Å²) < 4.78 is 26.4. The summed E-state index contributed by atoms with van der Waals surface area (Å²) in [7, 11) is -0.422. The van der Waals surface area contributed by atoms with E-state index in [1.165, 1.54) is 69.5 Å². The molecule has 2 fully saturated rings. The van der Waals surface area contributed by atoms with Crippen molar-refractivity contribution in [3.63, 3.8) is 0 Å². The first kappa shape index (κ1) is 20.8. The summed E-state index contributed by atoms with van der Waals surface area (Å²) in [6.45, 7) is 3.84. The minimum Gasteiger partial charge on any atom is -0.204 e. The Labute approximate surface area is 166 Å². The van der Waals surface area contributed by atoms with Gasteiger partial charge in [-0.1, -0.05) is 62.4 Å². The lowest BCUT2D eigenvalue weighted by atomic mass is 9.73. The van der Waals surface area contributed by atoms with Crippen molar-refractivity contribution in [2.45, 2.75) is 82.3 Å². The fraction of sp³-hybridized carbons (Fsp3) is 0.667. The van der Waals surface area contributed by atoms with Crippen LogP contribution in [-0.4, -0.2) is 8.80 Å². The normalized spacial score (nSPS) is 28.8. The second kappa shape index (κ2) is 10.5. The molecule has 1 saturated carbocycles. The van der Waals surface area contributed by atoms with E-state index in [2.05, 4.69) is 12.7 Å². The van der Waals surface area contributed by atoms with E-state index in [0.29, 0.717) is 0 Å². The molecule has 0 amide bonds. The summed E-state index contributed by atoms with van der Waals surface area (Å²) in [6.07, 6.45) is 15.2. The molecule has 0 spiro atoms. The molecule has 3 heteroatoms. The number of benzene rings is 1. The van der Waals surface area contributed by atoms with Crippen molar-refractivity contribution in [2.24, 2.45) is 17.8 Å². The van der Waals surface area contributed by atoms with Crippen molar-refractivity contribution in [1.82, 2.24) is 0 Å². The Morgan fingerprint density at radius 2 is 1.67 bits per heavy atom. The maximum absolute atomic E-state index is 13.3. The first-order valence-electron chi connectivity index (χ1n) is 11.2. The molecule has 0 bridgehead atoms. The first-order chi connectivity index (χ1) is 13.2. The standard InChI is InChI=1S/C24H36F2Si/c1-2-3-4-15-27-16-13-22(14-17-27)21-10-7-19(8-11-21)5-6-20-9-12-23(25)24(26)18-20/h2,9,12,18-19,21-22,27H,1,3-8,10-11,13-17H2/t19-,21-,22-,27-. The zero-order valence-corrected chi connectivity index (χ0v) is 17.9. The largest absolute Gasteiger partial charge is 0.204 e. The number of hydrogen-bond acceptors (Lipinski definition) is 0. The van der Waals surface area contributed by atoms with E-state index in [0.717, 1.165) is 36.2 Å². The van der Waals surface area contributed by atoms with Crippen molar-refractivity contribution in [2.75, 3.05) is 0 Å². The van der Waals surface area contributed by atoms with Gasteiger partial charge in [0, 0.05) is 8.80 Å². The van der Waals surface area contributed by atoms with Gasteiger partial charge in [0.1, 0.15) is 0 Å². The SMILES string of the molecule is C=CCCC[Si@H]1CC[C@H]([C@H]2CC[C@H](CCc3ccc(F)c(F)c3)CC2)CC1. The lowest BCUT2D eigenvalue weighted by Crippen LogP contribution is -2.28. The van der Waals surface area contributed by atoms with Gasteiger partial charge in [0.2, 0.25) is 0 Å². The Bertz CT molecular complexity index is 584. The quantitative estimate of drug-likeness (QED) is 0.248. The van der Waals surface area contributed by atoms with E-state index >= 15 is 0 Å². The Morgan fingerprint density at radius 3 is 2.33 bits per heavy atom. The van der Waals surface area contributed by atoms with Crippen LogP contribution in [0.3, 0.4) is 0 Å². The molecule has 0 aromatic heterocycles. The highest BCUT2D eigenvalue weighted by Crippen LogP contribution is 2.41. The van der Waals surface area contributed by atoms with Crippen molar-refractivity contribution in [3.8, 4) is 0 Å². The number of unbranched alkanes of at least 4 members (excludes halogenated alkanes) is 1. The maximum Gasteiger partial charge on any atom is 0.159 e. The van der Waals surface area contributed by atoms with Gasteiger partial charge in [-0.25, -0.2) is 8.78 Å². The minimum absolute atomic E-state index is 0.422. The molecule has 0 nitrogen and oxygen atoms in total. The summed E-state index contributed by atoms with van der Waals surface area (Å²) in [5, 5.41) is 0. The lowest BCUT2D eigenvalue weighted by molar-refractivity contribution is 0.186. The number of hydrogen-bond donors (Lipinski definition) is 0. The van der Waals surface area contributed by atoms with Crippen LogP contribution in [0.15, 0.2) is 30.9 Å². The van der Waals surface area contributed by atoms with Crippen LogP contribution in [0.1, 0.15) is 63.4 Å². The van der Waals surface area contributed by atoms with Crippen molar-refractivity contribution >= 4 is 8.80 Å². The predicted octanol–water partition coefficient (Wildman–Crippen LogP) is 7.31. The average Bonchev–Trinajstić information content (AvgIpc) is 2.70. The van der Waals surface area contributed by atoms with Crippen LogP contribution >= 0.6 is 0 Å². The zero-order chi connectivity index (χ0) is 19.1. The van der Waals surface area contributed by atoms with Crippen LogP contribution in [-0.2, 0) is 6.42 Å². The second-order valence-corrected chi connectivity index (χ2v) is 12.5. The summed E-state index contributed by atoms with van der Waals surface area (Å²) in [4.78, 5) is 0. The topological polar surface area (TPSA) is 0 Å². The highest BCUT2D eigenvalue weighted by atomic mass is 28.3. The molecule has 1 heterocycles. The predicted molar refractivity (Wildman–Crippen MR) is 114 cm³/mol. The number of rotatable bonds is 8. The molecule has 2 aliphatic rings. The van der Waals surface area contributed by atoms with E-state index in [9.17, 15) is 8.78 Å². The Hall–Kier alpha value is -0.963. The van der Waals surface area contributed by atoms with Gasteiger partial charge >= 0.3 is 0 Å². The summed E-state index contributed by atoms with van der Waals surface area (Å²) in [5.74, 6) is 1.30.